The van der Waals surface area contributed by atoms with Gasteiger partial charge in [0.1, 0.15) is 0 Å². The van der Waals surface area contributed by atoms with Gasteiger partial charge >= 0.3 is 5.97 Å². The van der Waals surface area contributed by atoms with Crippen LogP contribution in [0.2, 0.25) is 0 Å². The van der Waals surface area contributed by atoms with Gasteiger partial charge in [-0.3, -0.25) is 9.79 Å². The third kappa shape index (κ3) is 4.95. The molecule has 6 heteroatoms. The number of amides is 1. The molecule has 0 bridgehead atoms. The third-order valence-corrected chi connectivity index (χ3v) is 4.79. The number of benzene rings is 1. The van der Waals surface area contributed by atoms with Crippen LogP contribution >= 0.6 is 11.8 Å². The van der Waals surface area contributed by atoms with Crippen LogP contribution in [0.1, 0.15) is 58.2 Å². The highest BCUT2D eigenvalue weighted by Crippen LogP contribution is 2.32. The Morgan fingerprint density at radius 3 is 2.40 bits per heavy atom. The molecule has 0 aliphatic carbocycles. The van der Waals surface area contributed by atoms with Crippen molar-refractivity contribution in [3.63, 3.8) is 0 Å². The lowest BCUT2D eigenvalue weighted by molar-refractivity contribution is 0.0600. The number of methoxy groups -OCH3 is 1. The molecule has 5 nitrogen and oxygen atoms in total. The third-order valence-electron chi connectivity index (χ3n) is 3.82. The predicted octanol–water partition coefficient (Wildman–Crippen LogP) is 4.07. The minimum absolute atomic E-state index is 0.0213. The van der Waals surface area contributed by atoms with Gasteiger partial charge in [-0.25, -0.2) is 4.79 Å². The van der Waals surface area contributed by atoms with E-state index in [0.717, 1.165) is 18.4 Å². The summed E-state index contributed by atoms with van der Waals surface area (Å²) < 4.78 is 4.85. The van der Waals surface area contributed by atoms with Crippen molar-refractivity contribution in [2.45, 2.75) is 31.9 Å². The van der Waals surface area contributed by atoms with Crippen LogP contribution in [-0.2, 0) is 4.74 Å². The van der Waals surface area contributed by atoms with E-state index in [2.05, 4.69) is 4.99 Å². The van der Waals surface area contributed by atoms with Gasteiger partial charge < -0.3 is 9.64 Å². The first kappa shape index (κ1) is 19.2. The number of aliphatic imine (C=N–C) groups is 1. The van der Waals surface area contributed by atoms with Crippen molar-refractivity contribution in [2.75, 3.05) is 20.2 Å². The SMILES string of the molecule is CCCN(CCC)C(=O)c1cc(C(=O)OC)cc(C2C=NC=CS2)c1. The highest BCUT2D eigenvalue weighted by Gasteiger charge is 2.21. The van der Waals surface area contributed by atoms with Gasteiger partial charge in [0.2, 0.25) is 0 Å². The molecule has 1 aliphatic heterocycles. The summed E-state index contributed by atoms with van der Waals surface area (Å²) in [6.07, 6.45) is 5.32. The molecule has 0 saturated heterocycles. The minimum Gasteiger partial charge on any atom is -0.465 e. The van der Waals surface area contributed by atoms with Crippen LogP contribution in [0.4, 0.5) is 0 Å². The Morgan fingerprint density at radius 1 is 1.16 bits per heavy atom. The van der Waals surface area contributed by atoms with E-state index in [1.807, 2.05) is 36.4 Å². The predicted molar refractivity (Wildman–Crippen MR) is 102 cm³/mol. The van der Waals surface area contributed by atoms with Crippen LogP contribution in [0.15, 0.2) is 34.8 Å². The Kier molecular flexibility index (Phi) is 7.25. The summed E-state index contributed by atoms with van der Waals surface area (Å²) in [5.41, 5.74) is 1.78. The number of hydrogen-bond donors (Lipinski definition) is 0. The van der Waals surface area contributed by atoms with Crippen LogP contribution in [0.5, 0.6) is 0 Å². The molecule has 1 unspecified atom stereocenters. The first-order valence-electron chi connectivity index (χ1n) is 8.47. The highest BCUT2D eigenvalue weighted by molar-refractivity contribution is 8.03. The smallest absolute Gasteiger partial charge is 0.337 e. The summed E-state index contributed by atoms with van der Waals surface area (Å²) in [6.45, 7) is 5.50. The number of ether oxygens (including phenoxy) is 1. The van der Waals surface area contributed by atoms with Crippen LogP contribution in [0.25, 0.3) is 0 Å². The van der Waals surface area contributed by atoms with Gasteiger partial charge in [-0.15, -0.1) is 11.8 Å². The van der Waals surface area contributed by atoms with E-state index < -0.39 is 5.97 Å². The van der Waals surface area contributed by atoms with Gasteiger partial charge in [-0.1, -0.05) is 13.8 Å². The first-order valence-corrected chi connectivity index (χ1v) is 9.41. The molecular formula is C19H24N2O3S. The molecule has 1 aromatic rings. The van der Waals surface area contributed by atoms with E-state index in [4.69, 9.17) is 4.74 Å². The number of carbonyl (C=O) groups excluding carboxylic acids is 2. The van der Waals surface area contributed by atoms with Crippen LogP contribution < -0.4 is 0 Å². The largest absolute Gasteiger partial charge is 0.465 e. The number of nitrogens with zero attached hydrogens (tertiary/aromatic N) is 2. The van der Waals surface area contributed by atoms with Crippen LogP contribution in [-0.4, -0.2) is 43.2 Å². The number of rotatable bonds is 7. The second-order valence-electron chi connectivity index (χ2n) is 5.77. The van der Waals surface area contributed by atoms with E-state index >= 15 is 0 Å². The summed E-state index contributed by atoms with van der Waals surface area (Å²) in [5.74, 6) is -0.495. The maximum atomic E-state index is 12.9. The lowest BCUT2D eigenvalue weighted by Gasteiger charge is -2.22. The molecule has 1 aromatic carbocycles. The molecule has 1 atom stereocenters. The molecule has 0 saturated carbocycles. The Labute approximate surface area is 153 Å². The number of esters is 1. The van der Waals surface area contributed by atoms with Gasteiger partial charge in [0.25, 0.3) is 5.91 Å². The van der Waals surface area contributed by atoms with Gasteiger partial charge in [0.05, 0.1) is 17.9 Å². The molecular weight excluding hydrogens is 336 g/mol. The molecule has 1 amide bonds. The average molecular weight is 360 g/mol. The molecule has 0 radical (unpaired) electrons. The fourth-order valence-electron chi connectivity index (χ4n) is 2.69. The van der Waals surface area contributed by atoms with Crippen molar-refractivity contribution in [3.05, 3.63) is 46.5 Å². The van der Waals surface area contributed by atoms with E-state index in [1.54, 1.807) is 30.1 Å². The Morgan fingerprint density at radius 2 is 1.84 bits per heavy atom. The van der Waals surface area contributed by atoms with Gasteiger partial charge in [-0.2, -0.15) is 0 Å². The summed E-state index contributed by atoms with van der Waals surface area (Å²) in [7, 11) is 1.34. The fourth-order valence-corrected chi connectivity index (χ4v) is 3.44. The quantitative estimate of drug-likeness (QED) is 0.688. The zero-order valence-corrected chi connectivity index (χ0v) is 15.7. The fraction of sp³-hybridized carbons (Fsp3) is 0.421. The van der Waals surface area contributed by atoms with Crippen molar-refractivity contribution < 1.29 is 14.3 Å². The molecule has 0 aromatic heterocycles. The summed E-state index contributed by atoms with van der Waals surface area (Å²) >= 11 is 1.59. The van der Waals surface area contributed by atoms with Crippen molar-refractivity contribution >= 4 is 29.9 Å². The summed E-state index contributed by atoms with van der Waals surface area (Å²) in [6, 6.07) is 5.25. The molecule has 25 heavy (non-hydrogen) atoms. The van der Waals surface area contributed by atoms with Gasteiger partial charge in [0, 0.05) is 31.1 Å². The highest BCUT2D eigenvalue weighted by atomic mass is 32.2. The number of thioether (sulfide) groups is 1. The van der Waals surface area contributed by atoms with Crippen molar-refractivity contribution in [3.8, 4) is 0 Å². The van der Waals surface area contributed by atoms with E-state index in [1.165, 1.54) is 7.11 Å². The molecule has 1 aliphatic rings. The first-order chi connectivity index (χ1) is 12.1. The molecule has 0 spiro atoms. The zero-order valence-electron chi connectivity index (χ0n) is 14.9. The molecule has 2 rings (SSSR count). The molecule has 134 valence electrons. The monoisotopic (exact) mass is 360 g/mol. The Bertz CT molecular complexity index is 679. The van der Waals surface area contributed by atoms with Gasteiger partial charge in [0.15, 0.2) is 0 Å². The van der Waals surface area contributed by atoms with Crippen molar-refractivity contribution in [2.24, 2.45) is 4.99 Å². The normalized spacial score (nSPS) is 15.9. The van der Waals surface area contributed by atoms with Crippen molar-refractivity contribution in [1.82, 2.24) is 4.90 Å². The summed E-state index contributed by atoms with van der Waals surface area (Å²) in [4.78, 5) is 31.0. The maximum absolute atomic E-state index is 12.9. The van der Waals surface area contributed by atoms with Crippen LogP contribution in [0, 0.1) is 0 Å². The zero-order chi connectivity index (χ0) is 18.2. The topological polar surface area (TPSA) is 59.0 Å². The molecule has 0 N–H and O–H groups in total. The van der Waals surface area contributed by atoms with E-state index in [0.29, 0.717) is 24.2 Å². The van der Waals surface area contributed by atoms with E-state index in [9.17, 15) is 9.59 Å². The second kappa shape index (κ2) is 9.42. The van der Waals surface area contributed by atoms with Crippen LogP contribution in [0.3, 0.4) is 0 Å². The average Bonchev–Trinajstić information content (AvgIpc) is 2.67. The number of hydrogen-bond acceptors (Lipinski definition) is 5. The lowest BCUT2D eigenvalue weighted by Crippen LogP contribution is -2.32. The maximum Gasteiger partial charge on any atom is 0.337 e. The van der Waals surface area contributed by atoms with Crippen molar-refractivity contribution in [1.29, 1.82) is 0 Å². The standard InChI is InChI=1S/C19H24N2O3S/c1-4-7-21(8-5-2)18(22)15-10-14(17-13-20-6-9-25-17)11-16(12-15)19(23)24-3/h6,9-13,17H,4-5,7-8H2,1-3H3. The Hall–Kier alpha value is -2.08. The minimum atomic E-state index is -0.443. The number of carbonyl (C=O) groups is 2. The summed E-state index contributed by atoms with van der Waals surface area (Å²) in [5, 5.41) is 1.88. The van der Waals surface area contributed by atoms with Gasteiger partial charge in [-0.05, 0) is 42.0 Å². The van der Waals surface area contributed by atoms with E-state index in [-0.39, 0.29) is 11.2 Å². The molecule has 1 heterocycles. The second-order valence-corrected chi connectivity index (χ2v) is 6.82. The molecule has 0 fully saturated rings. The lowest BCUT2D eigenvalue weighted by atomic mass is 10.0. The Balaban J connectivity index is 2.41.